The van der Waals surface area contributed by atoms with Crippen LogP contribution >= 0.6 is 0 Å². The summed E-state index contributed by atoms with van der Waals surface area (Å²) < 4.78 is 13.1. The van der Waals surface area contributed by atoms with Gasteiger partial charge in [0.2, 0.25) is 0 Å². The molecule has 2 aliphatic heterocycles. The Morgan fingerprint density at radius 3 is 2.69 bits per heavy atom. The minimum Gasteiger partial charge on any atom is -0.385 e. The zero-order chi connectivity index (χ0) is 25.0. The fraction of sp³-hybridized carbons (Fsp3) is 0.429. The van der Waals surface area contributed by atoms with Crippen LogP contribution in [-0.4, -0.2) is 83.7 Å². The minimum absolute atomic E-state index is 0.0193. The van der Waals surface area contributed by atoms with E-state index in [1.165, 1.54) is 5.56 Å². The highest BCUT2D eigenvalue weighted by Gasteiger charge is 2.43. The van der Waals surface area contributed by atoms with E-state index in [0.29, 0.717) is 37.6 Å². The Balaban J connectivity index is 1.53. The molecular weight excluding hydrogens is 456 g/mol. The van der Waals surface area contributed by atoms with Gasteiger partial charge in [-0.25, -0.2) is 4.98 Å². The summed E-state index contributed by atoms with van der Waals surface area (Å²) in [5.74, 6) is -0.0953. The smallest absolute Gasteiger partial charge is 0.275 e. The number of piperazine rings is 1. The quantitative estimate of drug-likeness (QED) is 0.529. The molecule has 2 aliphatic rings. The van der Waals surface area contributed by atoms with Crippen molar-refractivity contribution in [1.82, 2.24) is 19.8 Å². The Labute approximate surface area is 211 Å². The van der Waals surface area contributed by atoms with Crippen LogP contribution in [0.4, 0.5) is 0 Å². The van der Waals surface area contributed by atoms with Crippen LogP contribution in [-0.2, 0) is 15.9 Å². The molecule has 190 valence electrons. The van der Waals surface area contributed by atoms with E-state index in [9.17, 15) is 9.90 Å². The molecule has 0 spiro atoms. The lowest BCUT2D eigenvalue weighted by Crippen LogP contribution is -2.54. The van der Waals surface area contributed by atoms with Crippen molar-refractivity contribution in [3.05, 3.63) is 78.2 Å². The van der Waals surface area contributed by atoms with Crippen LogP contribution in [0.5, 0.6) is 0 Å². The number of carbonyl (C=O) groups is 1. The largest absolute Gasteiger partial charge is 0.385 e. The molecule has 0 bridgehead atoms. The molecule has 2 aromatic carbocycles. The van der Waals surface area contributed by atoms with Crippen LogP contribution in [0.3, 0.4) is 0 Å². The summed E-state index contributed by atoms with van der Waals surface area (Å²) >= 11 is 0. The first-order chi connectivity index (χ1) is 17.6. The molecule has 1 aromatic heterocycles. The number of carbonyl (C=O) groups excluding carboxylic acids is 1. The second-order valence-corrected chi connectivity index (χ2v) is 9.64. The van der Waals surface area contributed by atoms with Gasteiger partial charge < -0.3 is 29.4 Å². The SMILES string of the molecule is COCC1(O)CCOC[C@H]1n1cnc(C(=O)N2CCNC[C@H]2Cc2ccccc2)c1-c1ccccc1. The maximum Gasteiger partial charge on any atom is 0.275 e. The summed E-state index contributed by atoms with van der Waals surface area (Å²) in [5, 5.41) is 14.9. The van der Waals surface area contributed by atoms with E-state index >= 15 is 0 Å². The van der Waals surface area contributed by atoms with E-state index in [1.54, 1.807) is 13.4 Å². The Morgan fingerprint density at radius 2 is 1.94 bits per heavy atom. The molecular formula is C28H34N4O4. The standard InChI is InChI=1S/C28H34N4O4/c1-35-19-28(34)12-15-36-18-24(28)32-20-30-25(26(32)22-10-6-3-7-11-22)27(33)31-14-13-29-17-23(31)16-21-8-4-2-5-9-21/h2-11,20,23-24,29,34H,12-19H2,1H3/t23-,24-,28?/m1/s1. The van der Waals surface area contributed by atoms with E-state index in [2.05, 4.69) is 22.4 Å². The second-order valence-electron chi connectivity index (χ2n) is 9.64. The van der Waals surface area contributed by atoms with Gasteiger partial charge >= 0.3 is 0 Å². The first-order valence-corrected chi connectivity index (χ1v) is 12.6. The molecule has 3 atom stereocenters. The molecule has 5 rings (SSSR count). The number of aromatic nitrogens is 2. The lowest BCUT2D eigenvalue weighted by molar-refractivity contribution is -0.134. The van der Waals surface area contributed by atoms with Gasteiger partial charge in [-0.3, -0.25) is 4.79 Å². The highest BCUT2D eigenvalue weighted by atomic mass is 16.5. The third-order valence-corrected chi connectivity index (χ3v) is 7.27. The first kappa shape index (κ1) is 24.6. The van der Waals surface area contributed by atoms with Crippen LogP contribution < -0.4 is 5.32 Å². The summed E-state index contributed by atoms with van der Waals surface area (Å²) in [6.45, 7) is 3.02. The Bertz CT molecular complexity index is 1150. The first-order valence-electron chi connectivity index (χ1n) is 12.6. The fourth-order valence-electron chi connectivity index (χ4n) is 5.39. The average molecular weight is 491 g/mol. The van der Waals surface area contributed by atoms with Gasteiger partial charge in [0.05, 0.1) is 31.3 Å². The number of hydrogen-bond donors (Lipinski definition) is 2. The molecule has 0 aliphatic carbocycles. The second kappa shape index (κ2) is 10.9. The Hall–Kier alpha value is -3.04. The van der Waals surface area contributed by atoms with E-state index in [0.717, 1.165) is 25.1 Å². The van der Waals surface area contributed by atoms with Gasteiger partial charge in [-0.1, -0.05) is 60.7 Å². The Morgan fingerprint density at radius 1 is 1.19 bits per heavy atom. The predicted octanol–water partition coefficient (Wildman–Crippen LogP) is 2.55. The molecule has 2 N–H and O–H groups in total. The number of imidazole rings is 1. The maximum atomic E-state index is 14.1. The summed E-state index contributed by atoms with van der Waals surface area (Å²) in [7, 11) is 1.59. The molecule has 1 amide bonds. The van der Waals surface area contributed by atoms with E-state index in [-0.39, 0.29) is 18.6 Å². The fourth-order valence-corrected chi connectivity index (χ4v) is 5.39. The highest BCUT2D eigenvalue weighted by molar-refractivity contribution is 5.98. The van der Waals surface area contributed by atoms with E-state index in [4.69, 9.17) is 9.47 Å². The number of hydrogen-bond acceptors (Lipinski definition) is 6. The maximum absolute atomic E-state index is 14.1. The van der Waals surface area contributed by atoms with Crippen LogP contribution in [0.2, 0.25) is 0 Å². The molecule has 2 saturated heterocycles. The molecule has 0 radical (unpaired) electrons. The summed E-state index contributed by atoms with van der Waals surface area (Å²) in [5.41, 5.74) is 2.04. The van der Waals surface area contributed by atoms with Crippen molar-refractivity contribution in [1.29, 1.82) is 0 Å². The topological polar surface area (TPSA) is 88.8 Å². The predicted molar refractivity (Wildman–Crippen MR) is 137 cm³/mol. The molecule has 3 aromatic rings. The summed E-state index contributed by atoms with van der Waals surface area (Å²) in [6, 6.07) is 19.6. The van der Waals surface area contributed by atoms with Gasteiger partial charge in [-0.2, -0.15) is 0 Å². The van der Waals surface area contributed by atoms with E-state index < -0.39 is 11.6 Å². The normalized spacial score (nSPS) is 24.6. The van der Waals surface area contributed by atoms with Crippen LogP contribution in [0.1, 0.15) is 28.5 Å². The van der Waals surface area contributed by atoms with Gasteiger partial charge in [0.15, 0.2) is 5.69 Å². The summed E-state index contributed by atoms with van der Waals surface area (Å²) in [6.07, 6.45) is 2.88. The third-order valence-electron chi connectivity index (χ3n) is 7.27. The van der Waals surface area contributed by atoms with Crippen molar-refractivity contribution >= 4 is 5.91 Å². The van der Waals surface area contributed by atoms with Crippen molar-refractivity contribution in [3.63, 3.8) is 0 Å². The van der Waals surface area contributed by atoms with Gasteiger partial charge in [-0.05, 0) is 12.0 Å². The van der Waals surface area contributed by atoms with Crippen molar-refractivity contribution in [2.75, 3.05) is 46.6 Å². The number of ether oxygens (including phenoxy) is 2. The lowest BCUT2D eigenvalue weighted by Gasteiger charge is -2.40. The molecule has 2 fully saturated rings. The molecule has 1 unspecified atom stereocenters. The van der Waals surface area contributed by atoms with Crippen molar-refractivity contribution < 1.29 is 19.4 Å². The van der Waals surface area contributed by atoms with Crippen LogP contribution in [0, 0.1) is 0 Å². The molecule has 8 heteroatoms. The number of amides is 1. The monoisotopic (exact) mass is 490 g/mol. The van der Waals surface area contributed by atoms with Crippen molar-refractivity contribution in [2.45, 2.75) is 30.5 Å². The number of methoxy groups -OCH3 is 1. The zero-order valence-electron chi connectivity index (χ0n) is 20.7. The van der Waals surface area contributed by atoms with Crippen molar-refractivity contribution in [3.8, 4) is 11.3 Å². The highest BCUT2D eigenvalue weighted by Crippen LogP contribution is 2.36. The molecule has 0 saturated carbocycles. The third kappa shape index (κ3) is 4.95. The number of aliphatic hydroxyl groups is 1. The summed E-state index contributed by atoms with van der Waals surface area (Å²) in [4.78, 5) is 20.7. The van der Waals surface area contributed by atoms with Gasteiger partial charge in [0, 0.05) is 51.4 Å². The number of rotatable bonds is 7. The number of nitrogens with one attached hydrogen (secondary N) is 1. The average Bonchev–Trinajstić information content (AvgIpc) is 3.35. The zero-order valence-corrected chi connectivity index (χ0v) is 20.7. The molecule has 3 heterocycles. The number of benzene rings is 2. The van der Waals surface area contributed by atoms with Gasteiger partial charge in [-0.15, -0.1) is 0 Å². The lowest BCUT2D eigenvalue weighted by atomic mass is 9.89. The van der Waals surface area contributed by atoms with Gasteiger partial charge in [0.1, 0.15) is 5.60 Å². The minimum atomic E-state index is -1.12. The van der Waals surface area contributed by atoms with Crippen molar-refractivity contribution in [2.24, 2.45) is 0 Å². The van der Waals surface area contributed by atoms with Crippen LogP contribution in [0.15, 0.2) is 67.0 Å². The van der Waals surface area contributed by atoms with Gasteiger partial charge in [0.25, 0.3) is 5.91 Å². The van der Waals surface area contributed by atoms with Crippen LogP contribution in [0.25, 0.3) is 11.3 Å². The Kier molecular flexibility index (Phi) is 7.48. The molecule has 36 heavy (non-hydrogen) atoms. The number of nitrogens with zero attached hydrogens (tertiary/aromatic N) is 3. The molecule has 8 nitrogen and oxygen atoms in total. The van der Waals surface area contributed by atoms with E-state index in [1.807, 2.05) is 58.0 Å².